The van der Waals surface area contributed by atoms with Crippen LogP contribution in [0.2, 0.25) is 0 Å². The van der Waals surface area contributed by atoms with Crippen LogP contribution in [-0.4, -0.2) is 33.9 Å². The lowest BCUT2D eigenvalue weighted by atomic mass is 10.1. The maximum Gasteiger partial charge on any atom is 0.130 e. The molecule has 1 aromatic carbocycles. The van der Waals surface area contributed by atoms with Crippen LogP contribution in [0, 0.1) is 5.82 Å². The first kappa shape index (κ1) is 11.5. The van der Waals surface area contributed by atoms with Gasteiger partial charge in [0, 0.05) is 46.6 Å². The Labute approximate surface area is 96.3 Å². The van der Waals surface area contributed by atoms with Crippen LogP contribution in [0.15, 0.2) is 18.2 Å². The van der Waals surface area contributed by atoms with E-state index in [0.717, 1.165) is 5.69 Å². The van der Waals surface area contributed by atoms with Crippen LogP contribution < -0.4 is 4.90 Å². The molecule has 0 amide bonds. The highest BCUT2D eigenvalue weighted by Crippen LogP contribution is 2.24. The third-order valence-corrected chi connectivity index (χ3v) is 4.05. The topological polar surface area (TPSA) is 40.5 Å². The standard InChI is InChI=1S/C11H14FNO2S/c12-10-2-1-3-11(9(10)8-14)13-4-6-16(15)7-5-13/h1-3,14H,4-8H2. The summed E-state index contributed by atoms with van der Waals surface area (Å²) < 4.78 is 24.7. The number of halogens is 1. The molecule has 1 heterocycles. The number of hydrogen-bond donors (Lipinski definition) is 1. The maximum absolute atomic E-state index is 13.4. The number of hydrogen-bond acceptors (Lipinski definition) is 3. The molecule has 0 aliphatic carbocycles. The zero-order valence-electron chi connectivity index (χ0n) is 8.86. The first-order valence-corrected chi connectivity index (χ1v) is 6.69. The molecular weight excluding hydrogens is 229 g/mol. The summed E-state index contributed by atoms with van der Waals surface area (Å²) in [5.74, 6) is 0.842. The average molecular weight is 243 g/mol. The van der Waals surface area contributed by atoms with Crippen LogP contribution in [0.3, 0.4) is 0 Å². The van der Waals surface area contributed by atoms with E-state index in [1.54, 1.807) is 12.1 Å². The Kier molecular flexibility index (Phi) is 3.56. The van der Waals surface area contributed by atoms with E-state index < -0.39 is 10.8 Å². The van der Waals surface area contributed by atoms with Crippen molar-refractivity contribution in [3.8, 4) is 0 Å². The molecule has 0 atom stereocenters. The zero-order chi connectivity index (χ0) is 11.5. The van der Waals surface area contributed by atoms with Crippen LogP contribution in [0.4, 0.5) is 10.1 Å². The molecule has 5 heteroatoms. The normalized spacial score (nSPS) is 17.8. The number of rotatable bonds is 2. The fraction of sp³-hybridized carbons (Fsp3) is 0.455. The van der Waals surface area contributed by atoms with E-state index in [1.807, 2.05) is 4.90 Å². The largest absolute Gasteiger partial charge is 0.391 e. The van der Waals surface area contributed by atoms with E-state index in [0.29, 0.717) is 30.2 Å². The number of aliphatic hydroxyl groups is 1. The summed E-state index contributed by atoms with van der Waals surface area (Å²) in [6.45, 7) is 1.01. The number of nitrogens with zero attached hydrogens (tertiary/aromatic N) is 1. The molecule has 1 saturated heterocycles. The molecule has 1 N–H and O–H groups in total. The minimum atomic E-state index is -0.746. The first-order valence-electron chi connectivity index (χ1n) is 5.20. The van der Waals surface area contributed by atoms with E-state index in [4.69, 9.17) is 5.11 Å². The van der Waals surface area contributed by atoms with Crippen LogP contribution in [-0.2, 0) is 17.4 Å². The highest BCUT2D eigenvalue weighted by molar-refractivity contribution is 7.85. The second-order valence-corrected chi connectivity index (χ2v) is 5.43. The molecule has 0 radical (unpaired) electrons. The predicted molar refractivity (Wildman–Crippen MR) is 62.4 cm³/mol. The molecule has 88 valence electrons. The van der Waals surface area contributed by atoms with Gasteiger partial charge in [-0.25, -0.2) is 4.39 Å². The average Bonchev–Trinajstić information content (AvgIpc) is 2.30. The quantitative estimate of drug-likeness (QED) is 0.838. The Hall–Kier alpha value is -0.940. The molecule has 0 aromatic heterocycles. The Balaban J connectivity index is 2.26. The van der Waals surface area contributed by atoms with Gasteiger partial charge in [-0.2, -0.15) is 0 Å². The SMILES string of the molecule is O=S1CCN(c2cccc(F)c2CO)CC1. The van der Waals surface area contributed by atoms with Gasteiger partial charge in [0.1, 0.15) is 5.82 Å². The molecule has 0 spiro atoms. The van der Waals surface area contributed by atoms with Crippen molar-refractivity contribution >= 4 is 16.5 Å². The van der Waals surface area contributed by atoms with E-state index in [1.165, 1.54) is 6.07 Å². The molecule has 0 unspecified atom stereocenters. The second-order valence-electron chi connectivity index (χ2n) is 3.73. The number of aliphatic hydroxyl groups excluding tert-OH is 1. The van der Waals surface area contributed by atoms with Gasteiger partial charge in [0.15, 0.2) is 0 Å². The molecule has 1 aliphatic heterocycles. The molecule has 1 fully saturated rings. The van der Waals surface area contributed by atoms with Gasteiger partial charge in [-0.3, -0.25) is 4.21 Å². The van der Waals surface area contributed by atoms with Gasteiger partial charge in [-0.05, 0) is 12.1 Å². The number of benzene rings is 1. The van der Waals surface area contributed by atoms with E-state index >= 15 is 0 Å². The molecule has 1 aromatic rings. The second kappa shape index (κ2) is 4.93. The summed E-state index contributed by atoms with van der Waals surface area (Å²) >= 11 is 0. The van der Waals surface area contributed by atoms with Crippen molar-refractivity contribution in [3.63, 3.8) is 0 Å². The Morgan fingerprint density at radius 1 is 1.38 bits per heavy atom. The third kappa shape index (κ3) is 2.25. The Bertz CT molecular complexity index is 401. The van der Waals surface area contributed by atoms with Gasteiger partial charge in [0.25, 0.3) is 0 Å². The summed E-state index contributed by atoms with van der Waals surface area (Å²) in [6.07, 6.45) is 0. The first-order chi connectivity index (χ1) is 7.72. The summed E-state index contributed by atoms with van der Waals surface area (Å²) in [4.78, 5) is 1.98. The summed E-state index contributed by atoms with van der Waals surface area (Å²) in [5, 5.41) is 9.16. The van der Waals surface area contributed by atoms with Crippen LogP contribution in [0.5, 0.6) is 0 Å². The van der Waals surface area contributed by atoms with Crippen LogP contribution in [0.25, 0.3) is 0 Å². The lowest BCUT2D eigenvalue weighted by Gasteiger charge is -2.30. The van der Waals surface area contributed by atoms with Gasteiger partial charge >= 0.3 is 0 Å². The molecule has 1 aliphatic rings. The van der Waals surface area contributed by atoms with Crippen molar-refractivity contribution in [1.82, 2.24) is 0 Å². The fourth-order valence-corrected chi connectivity index (χ4v) is 2.93. The summed E-state index contributed by atoms with van der Waals surface area (Å²) in [6, 6.07) is 4.77. The summed E-state index contributed by atoms with van der Waals surface area (Å²) in [7, 11) is -0.746. The van der Waals surface area contributed by atoms with Gasteiger partial charge in [0.2, 0.25) is 0 Å². The van der Waals surface area contributed by atoms with E-state index in [9.17, 15) is 8.60 Å². The number of anilines is 1. The predicted octanol–water partition coefficient (Wildman–Crippen LogP) is 0.887. The molecule has 3 nitrogen and oxygen atoms in total. The van der Waals surface area contributed by atoms with Gasteiger partial charge in [0.05, 0.1) is 6.61 Å². The maximum atomic E-state index is 13.4. The van der Waals surface area contributed by atoms with Crippen molar-refractivity contribution in [2.45, 2.75) is 6.61 Å². The van der Waals surface area contributed by atoms with Crippen molar-refractivity contribution in [2.24, 2.45) is 0 Å². The van der Waals surface area contributed by atoms with E-state index in [-0.39, 0.29) is 12.4 Å². The monoisotopic (exact) mass is 243 g/mol. The van der Waals surface area contributed by atoms with Gasteiger partial charge in [-0.1, -0.05) is 6.07 Å². The van der Waals surface area contributed by atoms with Gasteiger partial charge in [-0.15, -0.1) is 0 Å². The third-order valence-electron chi connectivity index (χ3n) is 2.77. The fourth-order valence-electron chi connectivity index (χ4n) is 1.88. The molecular formula is C11H14FNO2S. The molecule has 16 heavy (non-hydrogen) atoms. The Morgan fingerprint density at radius 3 is 2.69 bits per heavy atom. The molecule has 0 bridgehead atoms. The smallest absolute Gasteiger partial charge is 0.130 e. The van der Waals surface area contributed by atoms with Crippen molar-refractivity contribution in [2.75, 3.05) is 29.5 Å². The van der Waals surface area contributed by atoms with Crippen molar-refractivity contribution in [1.29, 1.82) is 0 Å². The minimum Gasteiger partial charge on any atom is -0.391 e. The molecule has 2 rings (SSSR count). The lowest BCUT2D eigenvalue weighted by Crippen LogP contribution is -2.38. The zero-order valence-corrected chi connectivity index (χ0v) is 9.67. The minimum absolute atomic E-state index is 0.304. The Morgan fingerprint density at radius 2 is 2.06 bits per heavy atom. The lowest BCUT2D eigenvalue weighted by molar-refractivity contribution is 0.276. The molecule has 0 saturated carbocycles. The van der Waals surface area contributed by atoms with Crippen molar-refractivity contribution in [3.05, 3.63) is 29.6 Å². The summed E-state index contributed by atoms with van der Waals surface area (Å²) in [5.41, 5.74) is 1.05. The van der Waals surface area contributed by atoms with Crippen LogP contribution in [0.1, 0.15) is 5.56 Å². The highest BCUT2D eigenvalue weighted by atomic mass is 32.2. The van der Waals surface area contributed by atoms with Crippen LogP contribution >= 0.6 is 0 Å². The highest BCUT2D eigenvalue weighted by Gasteiger charge is 2.19. The van der Waals surface area contributed by atoms with Crippen molar-refractivity contribution < 1.29 is 13.7 Å². The van der Waals surface area contributed by atoms with Gasteiger partial charge < -0.3 is 10.0 Å². The van der Waals surface area contributed by atoms with E-state index in [2.05, 4.69) is 0 Å².